The first-order valence-electron chi connectivity index (χ1n) is 4.01. The van der Waals surface area contributed by atoms with Crippen LogP contribution >= 0.6 is 20.0 Å². The number of hydrogen-bond donors (Lipinski definition) is 0. The fourth-order valence-corrected chi connectivity index (χ4v) is 0.649. The van der Waals surface area contributed by atoms with Gasteiger partial charge in [-0.3, -0.25) is 0 Å². The van der Waals surface area contributed by atoms with Crippen LogP contribution < -0.4 is 0 Å². The van der Waals surface area contributed by atoms with Gasteiger partial charge in [0.1, 0.15) is 7.11 Å². The van der Waals surface area contributed by atoms with Gasteiger partial charge in [-0.1, -0.05) is 19.4 Å². The predicted octanol–water partition coefficient (Wildman–Crippen LogP) is 2.47. The number of ether oxygens (including phenoxy) is 2. The Hall–Kier alpha value is 0.783. The van der Waals surface area contributed by atoms with Crippen molar-refractivity contribution in [1.82, 2.24) is 0 Å². The Morgan fingerprint density at radius 1 is 1.54 bits per heavy atom. The van der Waals surface area contributed by atoms with Crippen molar-refractivity contribution in [2.24, 2.45) is 0 Å². The van der Waals surface area contributed by atoms with Crippen LogP contribution in [0.5, 0.6) is 0 Å². The Bertz CT molecular complexity index is 108. The van der Waals surface area contributed by atoms with Crippen LogP contribution in [-0.2, 0) is 4.74 Å². The van der Waals surface area contributed by atoms with Crippen LogP contribution in [0.1, 0.15) is 19.8 Å². The molecule has 0 amide bonds. The molecule has 0 spiro atoms. The summed E-state index contributed by atoms with van der Waals surface area (Å²) >= 11 is -0.556. The Balaban J connectivity index is 0. The van der Waals surface area contributed by atoms with Crippen molar-refractivity contribution >= 4 is 33.6 Å². The maximum absolute atomic E-state index is 4.99. The van der Waals surface area contributed by atoms with Crippen molar-refractivity contribution in [2.45, 2.75) is 26.1 Å². The first-order chi connectivity index (χ1) is 6.26. The Labute approximate surface area is 95.4 Å². The SMILES string of the molecule is CCC/C=C/C(OC)[OH+]C.[Cl][Ge][Cl]. The molecular weight excluding hydrogens is 272 g/mol. The fraction of sp³-hybridized carbons (Fsp3) is 0.750. The number of aliphatic hydroxyl groups is 2. The van der Waals surface area contributed by atoms with Gasteiger partial charge in [-0.15, -0.1) is 0 Å². The second-order valence-corrected chi connectivity index (χ2v) is 5.44. The molecule has 0 rings (SSSR count). The molecule has 0 aromatic carbocycles. The fourth-order valence-electron chi connectivity index (χ4n) is 0.649. The van der Waals surface area contributed by atoms with E-state index in [1.54, 1.807) is 14.2 Å². The molecule has 0 aromatic heterocycles. The third-order valence-electron chi connectivity index (χ3n) is 1.25. The molecule has 0 bridgehead atoms. The van der Waals surface area contributed by atoms with Crippen LogP contribution in [0.15, 0.2) is 12.2 Å². The third-order valence-corrected chi connectivity index (χ3v) is 1.25. The van der Waals surface area contributed by atoms with Crippen molar-refractivity contribution in [3.63, 3.8) is 0 Å². The Morgan fingerprint density at radius 2 is 2.08 bits per heavy atom. The molecule has 0 aliphatic carbocycles. The van der Waals surface area contributed by atoms with Gasteiger partial charge >= 0.3 is 33.6 Å². The van der Waals surface area contributed by atoms with Crippen molar-refractivity contribution in [2.75, 3.05) is 14.2 Å². The van der Waals surface area contributed by atoms with E-state index < -0.39 is 13.6 Å². The van der Waals surface area contributed by atoms with E-state index in [9.17, 15) is 0 Å². The van der Waals surface area contributed by atoms with Gasteiger partial charge in [-0.2, -0.15) is 0 Å². The third kappa shape index (κ3) is 15.5. The monoisotopic (exact) mass is 289 g/mol. The van der Waals surface area contributed by atoms with E-state index in [2.05, 4.69) is 17.7 Å². The summed E-state index contributed by atoms with van der Waals surface area (Å²) in [6.07, 6.45) is 6.31. The zero-order valence-electron chi connectivity index (χ0n) is 8.26. The quantitative estimate of drug-likeness (QED) is 0.330. The summed E-state index contributed by atoms with van der Waals surface area (Å²) in [4.78, 5) is 0. The van der Waals surface area contributed by atoms with Gasteiger partial charge in [0.15, 0.2) is 0 Å². The van der Waals surface area contributed by atoms with Crippen molar-refractivity contribution in [3.8, 4) is 0 Å². The van der Waals surface area contributed by atoms with Crippen molar-refractivity contribution in [1.29, 1.82) is 0 Å². The zero-order valence-corrected chi connectivity index (χ0v) is 11.9. The molecule has 0 aliphatic heterocycles. The van der Waals surface area contributed by atoms with Crippen LogP contribution in [0.25, 0.3) is 0 Å². The van der Waals surface area contributed by atoms with E-state index in [0.717, 1.165) is 6.42 Å². The molecule has 0 aromatic rings. The average Bonchev–Trinajstić information content (AvgIpc) is 2.14. The number of rotatable bonds is 5. The molecule has 2 nitrogen and oxygen atoms in total. The molecular formula is C8H17Cl2GeO2+. The molecule has 0 heterocycles. The minimum absolute atomic E-state index is 0.0495. The summed E-state index contributed by atoms with van der Waals surface area (Å²) in [6.45, 7) is 2.15. The van der Waals surface area contributed by atoms with Crippen LogP contribution in [-0.4, -0.2) is 38.8 Å². The molecule has 13 heavy (non-hydrogen) atoms. The van der Waals surface area contributed by atoms with E-state index >= 15 is 0 Å². The van der Waals surface area contributed by atoms with Crippen molar-refractivity contribution in [3.05, 3.63) is 12.2 Å². The molecule has 0 aliphatic rings. The summed E-state index contributed by atoms with van der Waals surface area (Å²) in [7, 11) is 13.2. The van der Waals surface area contributed by atoms with Gasteiger partial charge in [0.2, 0.25) is 0 Å². The second kappa shape index (κ2) is 15.3. The Kier molecular flexibility index (Phi) is 19.0. The van der Waals surface area contributed by atoms with E-state index in [0.29, 0.717) is 0 Å². The minimum atomic E-state index is -0.556. The van der Waals surface area contributed by atoms with Crippen molar-refractivity contribution < 1.29 is 9.47 Å². The molecule has 1 atom stereocenters. The number of allylic oxidation sites excluding steroid dienone is 1. The van der Waals surface area contributed by atoms with Crippen LogP contribution in [0.3, 0.4) is 0 Å². The van der Waals surface area contributed by atoms with E-state index in [-0.39, 0.29) is 6.29 Å². The maximum atomic E-state index is 4.99. The van der Waals surface area contributed by atoms with Crippen LogP contribution in [0.2, 0.25) is 0 Å². The first-order valence-corrected chi connectivity index (χ1v) is 9.52. The van der Waals surface area contributed by atoms with E-state index in [1.807, 2.05) is 6.08 Å². The predicted molar refractivity (Wildman–Crippen MR) is 60.4 cm³/mol. The number of methoxy groups -OCH3 is 1. The zero-order chi connectivity index (χ0) is 10.5. The van der Waals surface area contributed by atoms with Gasteiger partial charge in [0.25, 0.3) is 6.29 Å². The van der Waals surface area contributed by atoms with Gasteiger partial charge in [-0.25, -0.2) is 0 Å². The number of hydrogen-bond acceptors (Lipinski definition) is 1. The van der Waals surface area contributed by atoms with Crippen LogP contribution in [0, 0.1) is 0 Å². The standard InChI is InChI=1S/C8H16O2.Cl2Ge/c1-4-5-6-7-8(9-2)10-3;1-3-2/h6-8H,4-5H2,1-3H3;/p+1/b7-6+;. The average molecular weight is 289 g/mol. The van der Waals surface area contributed by atoms with E-state index in [1.165, 1.54) is 6.42 Å². The normalized spacial score (nSPS) is 12.4. The molecule has 5 heteroatoms. The first kappa shape index (κ1) is 16.2. The summed E-state index contributed by atoms with van der Waals surface area (Å²) in [5.41, 5.74) is 0. The molecule has 2 radical (unpaired) electrons. The molecule has 0 saturated heterocycles. The Morgan fingerprint density at radius 3 is 2.38 bits per heavy atom. The molecule has 1 unspecified atom stereocenters. The van der Waals surface area contributed by atoms with Gasteiger partial charge in [-0.05, 0) is 6.42 Å². The van der Waals surface area contributed by atoms with Crippen LogP contribution in [0.4, 0.5) is 0 Å². The second-order valence-electron chi connectivity index (χ2n) is 2.17. The van der Waals surface area contributed by atoms with Gasteiger partial charge < -0.3 is 9.47 Å². The van der Waals surface area contributed by atoms with Gasteiger partial charge in [0, 0.05) is 13.2 Å². The number of halogens is 2. The summed E-state index contributed by atoms with van der Waals surface area (Å²) in [5, 5.41) is 0. The molecule has 0 fully saturated rings. The summed E-state index contributed by atoms with van der Waals surface area (Å²) in [6, 6.07) is 0. The van der Waals surface area contributed by atoms with E-state index in [4.69, 9.17) is 24.8 Å². The topological polar surface area (TPSA) is 22.0 Å². The van der Waals surface area contributed by atoms with Gasteiger partial charge in [0.05, 0.1) is 0 Å². The molecule has 78 valence electrons. The summed E-state index contributed by atoms with van der Waals surface area (Å²) < 4.78 is 8.96. The number of unbranched alkanes of at least 4 members (excludes halogenated alkanes) is 1. The molecule has 1 N–H and O–H groups in total. The molecule has 0 saturated carbocycles. The summed E-state index contributed by atoms with van der Waals surface area (Å²) in [5.74, 6) is 0.